The second-order valence-corrected chi connectivity index (χ2v) is 4.82. The van der Waals surface area contributed by atoms with E-state index in [-0.39, 0.29) is 6.54 Å². The number of anilines is 1. The maximum Gasteiger partial charge on any atom is 0.322 e. The van der Waals surface area contributed by atoms with Crippen molar-refractivity contribution in [3.05, 3.63) is 35.4 Å². The Morgan fingerprint density at radius 2 is 2.25 bits per heavy atom. The average Bonchev–Trinajstić information content (AvgIpc) is 2.57. The second kappa shape index (κ2) is 5.57. The normalized spacial score (nSPS) is 10.5. The standard InChI is InChI=1S/C15H15N3O2/c1-9(2)10-4-3-5-13-11(6-10)12(7-16)15(18-13)17-8-14(19)20/h3-6,9H,8H2,1-2H3,(H,17,18)(H,19,20). The summed E-state index contributed by atoms with van der Waals surface area (Å²) in [5.41, 5.74) is 2.92. The molecule has 1 heterocycles. The van der Waals surface area contributed by atoms with Crippen LogP contribution in [0.2, 0.25) is 0 Å². The minimum Gasteiger partial charge on any atom is -0.480 e. The summed E-state index contributed by atoms with van der Waals surface area (Å²) < 4.78 is 0. The zero-order valence-corrected chi connectivity index (χ0v) is 11.3. The number of aliphatic carboxylic acids is 1. The molecule has 0 fully saturated rings. The van der Waals surface area contributed by atoms with Crippen LogP contribution in [0.15, 0.2) is 24.3 Å². The van der Waals surface area contributed by atoms with E-state index in [0.717, 1.165) is 11.1 Å². The van der Waals surface area contributed by atoms with Gasteiger partial charge in [0.15, 0.2) is 0 Å². The summed E-state index contributed by atoms with van der Waals surface area (Å²) in [7, 11) is 0. The van der Waals surface area contributed by atoms with Crippen molar-refractivity contribution in [2.75, 3.05) is 11.9 Å². The quantitative estimate of drug-likeness (QED) is 0.891. The molecule has 0 aromatic rings. The first kappa shape index (κ1) is 13.8. The molecule has 0 unspecified atom stereocenters. The Kier molecular flexibility index (Phi) is 3.85. The summed E-state index contributed by atoms with van der Waals surface area (Å²) in [4.78, 5) is 14.9. The van der Waals surface area contributed by atoms with Crippen LogP contribution in [0.5, 0.6) is 0 Å². The van der Waals surface area contributed by atoms with Gasteiger partial charge in [0.05, 0.1) is 5.69 Å². The number of carboxylic acids is 1. The average molecular weight is 269 g/mol. The van der Waals surface area contributed by atoms with Crippen LogP contribution in [0, 0.1) is 11.3 Å². The van der Waals surface area contributed by atoms with E-state index < -0.39 is 5.97 Å². The van der Waals surface area contributed by atoms with Crippen LogP contribution in [0.3, 0.4) is 0 Å². The van der Waals surface area contributed by atoms with Crippen LogP contribution in [-0.2, 0) is 4.79 Å². The lowest BCUT2D eigenvalue weighted by molar-refractivity contribution is -0.134. The van der Waals surface area contributed by atoms with Crippen LogP contribution in [-0.4, -0.2) is 22.6 Å². The number of aromatic nitrogens is 1. The number of carboxylic acid groups (broad SMARTS) is 1. The predicted octanol–water partition coefficient (Wildman–Crippen LogP) is 2.68. The first-order valence-corrected chi connectivity index (χ1v) is 6.32. The molecule has 0 radical (unpaired) electrons. The highest BCUT2D eigenvalue weighted by Gasteiger charge is 2.18. The third-order valence-corrected chi connectivity index (χ3v) is 3.05. The van der Waals surface area contributed by atoms with Gasteiger partial charge in [-0.3, -0.25) is 4.79 Å². The van der Waals surface area contributed by atoms with E-state index in [9.17, 15) is 10.1 Å². The zero-order valence-electron chi connectivity index (χ0n) is 11.3. The fraction of sp³-hybridized carbons (Fsp3) is 0.267. The van der Waals surface area contributed by atoms with Gasteiger partial charge in [0.25, 0.3) is 0 Å². The lowest BCUT2D eigenvalue weighted by Gasteiger charge is -2.02. The molecule has 0 amide bonds. The van der Waals surface area contributed by atoms with Gasteiger partial charge in [-0.15, -0.1) is 0 Å². The summed E-state index contributed by atoms with van der Waals surface area (Å²) >= 11 is 0. The molecule has 2 aliphatic rings. The molecule has 0 atom stereocenters. The van der Waals surface area contributed by atoms with Crippen molar-refractivity contribution >= 4 is 11.8 Å². The Morgan fingerprint density at radius 3 is 2.85 bits per heavy atom. The molecule has 1 aliphatic carbocycles. The highest BCUT2D eigenvalue weighted by atomic mass is 16.4. The van der Waals surface area contributed by atoms with Gasteiger partial charge >= 0.3 is 5.97 Å². The van der Waals surface area contributed by atoms with E-state index in [0.29, 0.717) is 23.0 Å². The maximum atomic E-state index is 10.6. The van der Waals surface area contributed by atoms with Crippen molar-refractivity contribution in [2.45, 2.75) is 19.8 Å². The van der Waals surface area contributed by atoms with Gasteiger partial charge in [-0.2, -0.15) is 5.26 Å². The number of nitrogens with zero attached hydrogens (tertiary/aromatic N) is 2. The molecule has 5 nitrogen and oxygen atoms in total. The highest BCUT2D eigenvalue weighted by molar-refractivity contribution is 5.81. The fourth-order valence-electron chi connectivity index (χ4n) is 1.99. The minimum absolute atomic E-state index is 0.263. The number of carbonyl (C=O) groups is 1. The molecule has 20 heavy (non-hydrogen) atoms. The summed E-state index contributed by atoms with van der Waals surface area (Å²) in [5, 5.41) is 20.7. The van der Waals surface area contributed by atoms with Crippen LogP contribution < -0.4 is 5.32 Å². The second-order valence-electron chi connectivity index (χ2n) is 4.82. The molecule has 0 spiro atoms. The first-order chi connectivity index (χ1) is 9.52. The molecule has 0 aromatic heterocycles. The topological polar surface area (TPSA) is 86.0 Å². The van der Waals surface area contributed by atoms with E-state index in [2.05, 4.69) is 30.2 Å². The highest BCUT2D eigenvalue weighted by Crippen LogP contribution is 2.32. The molecule has 102 valence electrons. The molecular weight excluding hydrogens is 254 g/mol. The van der Waals surface area contributed by atoms with Crippen LogP contribution >= 0.6 is 0 Å². The first-order valence-electron chi connectivity index (χ1n) is 6.32. The van der Waals surface area contributed by atoms with Crippen LogP contribution in [0.25, 0.3) is 11.3 Å². The van der Waals surface area contributed by atoms with Gasteiger partial charge in [0, 0.05) is 5.56 Å². The maximum absolute atomic E-state index is 10.6. The number of hydrogen-bond donors (Lipinski definition) is 2. The van der Waals surface area contributed by atoms with E-state index >= 15 is 0 Å². The van der Waals surface area contributed by atoms with E-state index in [4.69, 9.17) is 5.11 Å². The largest absolute Gasteiger partial charge is 0.480 e. The molecule has 2 N–H and O–H groups in total. The summed E-state index contributed by atoms with van der Waals surface area (Å²) in [5.74, 6) is -0.331. The molecule has 0 saturated heterocycles. The Balaban J connectivity index is 2.54. The van der Waals surface area contributed by atoms with E-state index in [1.54, 1.807) is 0 Å². The van der Waals surface area contributed by atoms with Gasteiger partial charge in [0.2, 0.25) is 0 Å². The number of rotatable bonds is 4. The fourth-order valence-corrected chi connectivity index (χ4v) is 1.99. The lowest BCUT2D eigenvalue weighted by Crippen LogP contribution is -2.13. The molecule has 1 aliphatic heterocycles. The predicted molar refractivity (Wildman–Crippen MR) is 75.8 cm³/mol. The van der Waals surface area contributed by atoms with Gasteiger partial charge in [-0.25, -0.2) is 4.98 Å². The van der Waals surface area contributed by atoms with Gasteiger partial charge in [-0.1, -0.05) is 26.0 Å². The van der Waals surface area contributed by atoms with Crippen LogP contribution in [0.4, 0.5) is 5.82 Å². The van der Waals surface area contributed by atoms with Crippen molar-refractivity contribution in [2.24, 2.45) is 0 Å². The third kappa shape index (κ3) is 2.69. The monoisotopic (exact) mass is 269 g/mol. The summed E-state index contributed by atoms with van der Waals surface area (Å²) in [6, 6.07) is 9.77. The van der Waals surface area contributed by atoms with Crippen molar-refractivity contribution in [1.82, 2.24) is 4.98 Å². The molecular formula is C15H15N3O2. The van der Waals surface area contributed by atoms with Gasteiger partial charge in [0.1, 0.15) is 24.0 Å². The zero-order chi connectivity index (χ0) is 14.7. The number of nitrogens with one attached hydrogen (secondary N) is 1. The third-order valence-electron chi connectivity index (χ3n) is 3.05. The van der Waals surface area contributed by atoms with E-state index in [1.807, 2.05) is 24.3 Å². The van der Waals surface area contributed by atoms with Gasteiger partial charge < -0.3 is 10.4 Å². The molecule has 0 saturated carbocycles. The Hall–Kier alpha value is -2.61. The Bertz CT molecular complexity index is 659. The number of hydrogen-bond acceptors (Lipinski definition) is 4. The van der Waals surface area contributed by atoms with Crippen LogP contribution in [0.1, 0.15) is 30.9 Å². The Morgan fingerprint density at radius 1 is 1.50 bits per heavy atom. The number of nitriles is 1. The minimum atomic E-state index is -0.991. The molecule has 5 heteroatoms. The van der Waals surface area contributed by atoms with Crippen molar-refractivity contribution in [1.29, 1.82) is 5.26 Å². The number of fused-ring (bicyclic) bond motifs is 1. The van der Waals surface area contributed by atoms with Crippen molar-refractivity contribution in [3.8, 4) is 17.3 Å². The summed E-state index contributed by atoms with van der Waals surface area (Å²) in [6.07, 6.45) is 0. The van der Waals surface area contributed by atoms with Gasteiger partial charge in [-0.05, 0) is 23.6 Å². The smallest absolute Gasteiger partial charge is 0.322 e. The van der Waals surface area contributed by atoms with Crippen molar-refractivity contribution < 1.29 is 9.90 Å². The van der Waals surface area contributed by atoms with E-state index in [1.165, 1.54) is 0 Å². The molecule has 2 rings (SSSR count). The SMILES string of the molecule is CC(C)c1cccc2nc(NCC(=O)O)c(C#N)c-2c1. The molecule has 0 aromatic carbocycles. The summed E-state index contributed by atoms with van der Waals surface area (Å²) in [6.45, 7) is 3.89. The lowest BCUT2D eigenvalue weighted by atomic mass is 10.0. The molecule has 0 bridgehead atoms. The Labute approximate surface area is 117 Å². The van der Waals surface area contributed by atoms with Crippen molar-refractivity contribution in [3.63, 3.8) is 0 Å².